The van der Waals surface area contributed by atoms with E-state index in [1.165, 1.54) is 5.57 Å². The summed E-state index contributed by atoms with van der Waals surface area (Å²) >= 11 is 0. The highest BCUT2D eigenvalue weighted by Crippen LogP contribution is 2.68. The Kier molecular flexibility index (Phi) is 3.99. The first-order valence-electron chi connectivity index (χ1n) is 11.0. The van der Waals surface area contributed by atoms with Crippen LogP contribution in [0.15, 0.2) is 23.8 Å². The summed E-state index contributed by atoms with van der Waals surface area (Å²) in [5, 5.41) is 9.82. The van der Waals surface area contributed by atoms with E-state index in [2.05, 4.69) is 26.0 Å². The van der Waals surface area contributed by atoms with Gasteiger partial charge in [-0.3, -0.25) is 9.59 Å². The highest BCUT2D eigenvalue weighted by atomic mass is 16.8. The van der Waals surface area contributed by atoms with Gasteiger partial charge in [0.15, 0.2) is 23.0 Å². The molecule has 5 aliphatic rings. The van der Waals surface area contributed by atoms with Crippen LogP contribution in [0.1, 0.15) is 59.8 Å². The van der Waals surface area contributed by atoms with Crippen LogP contribution < -0.4 is 0 Å². The summed E-state index contributed by atoms with van der Waals surface area (Å²) in [6.45, 7) is 7.61. The maximum Gasteiger partial charge on any atom is 0.193 e. The molecule has 2 saturated carbocycles. The molecule has 1 aliphatic heterocycles. The fourth-order valence-electron chi connectivity index (χ4n) is 7.64. The van der Waals surface area contributed by atoms with Gasteiger partial charge in [-0.05, 0) is 68.8 Å². The minimum absolute atomic E-state index is 0.0154. The van der Waals surface area contributed by atoms with E-state index in [1.54, 1.807) is 0 Å². The summed E-state index contributed by atoms with van der Waals surface area (Å²) in [5.41, 5.74) is -0.316. The van der Waals surface area contributed by atoms with Gasteiger partial charge in [0.1, 0.15) is 6.61 Å². The largest absolute Gasteiger partial charge is 0.388 e. The fraction of sp³-hybridized carbons (Fsp3) is 0.750. The van der Waals surface area contributed by atoms with Crippen LogP contribution in [0.4, 0.5) is 0 Å². The molecule has 5 heteroatoms. The van der Waals surface area contributed by atoms with Gasteiger partial charge in [0.2, 0.25) is 0 Å². The molecule has 1 saturated heterocycles. The second kappa shape index (κ2) is 5.89. The van der Waals surface area contributed by atoms with Crippen molar-refractivity contribution in [2.24, 2.45) is 28.6 Å². The zero-order valence-corrected chi connectivity index (χ0v) is 17.9. The van der Waals surface area contributed by atoms with Gasteiger partial charge in [0, 0.05) is 11.8 Å². The normalized spacial score (nSPS) is 49.7. The summed E-state index contributed by atoms with van der Waals surface area (Å²) in [6, 6.07) is 0. The molecule has 5 nitrogen and oxygen atoms in total. The van der Waals surface area contributed by atoms with E-state index in [1.807, 2.05) is 19.9 Å². The zero-order chi connectivity index (χ0) is 20.8. The number of aliphatic hydroxyl groups excluding tert-OH is 1. The highest BCUT2D eigenvalue weighted by Gasteiger charge is 2.74. The predicted molar refractivity (Wildman–Crippen MR) is 107 cm³/mol. The van der Waals surface area contributed by atoms with E-state index in [0.29, 0.717) is 18.3 Å². The summed E-state index contributed by atoms with van der Waals surface area (Å²) in [7, 11) is 0. The zero-order valence-electron chi connectivity index (χ0n) is 17.9. The van der Waals surface area contributed by atoms with Crippen molar-refractivity contribution in [2.45, 2.75) is 77.3 Å². The quantitative estimate of drug-likeness (QED) is 0.720. The molecule has 29 heavy (non-hydrogen) atoms. The van der Waals surface area contributed by atoms with E-state index in [4.69, 9.17) is 9.47 Å². The molecule has 7 atom stereocenters. The third-order valence-electron chi connectivity index (χ3n) is 8.95. The van der Waals surface area contributed by atoms with E-state index < -0.39 is 23.4 Å². The van der Waals surface area contributed by atoms with Gasteiger partial charge in [-0.15, -0.1) is 0 Å². The van der Waals surface area contributed by atoms with Gasteiger partial charge in [0.05, 0.1) is 6.10 Å². The van der Waals surface area contributed by atoms with Crippen LogP contribution in [0.2, 0.25) is 0 Å². The topological polar surface area (TPSA) is 72.8 Å². The first kappa shape index (κ1) is 19.7. The molecule has 0 bridgehead atoms. The molecule has 1 heterocycles. The molecule has 0 aromatic rings. The SMILES string of the molecule is CC1(C)O[C@@H]2C[C@H]3[C@@H]4CCC5=CC(=O)CC[C@]5(C)[C@H]4C=C[C@]3(C)[C@]2(C(=O)CO)O1. The number of aliphatic hydroxyl groups is 1. The first-order valence-corrected chi connectivity index (χ1v) is 11.0. The standard InChI is InChI=1S/C24H32O5/c1-21(2)28-20-12-18-16-6-5-14-11-15(26)7-9-22(14,3)17(16)8-10-23(18,4)24(20,29-21)19(27)13-25/h8,10-11,16-18,20,25H,5-7,9,12-13H2,1-4H3/t16-,17+,18+,20-,22+,23+,24-/m1/s1. The van der Waals surface area contributed by atoms with Crippen LogP contribution in [0.3, 0.4) is 0 Å². The molecular formula is C24H32O5. The van der Waals surface area contributed by atoms with Crippen molar-refractivity contribution in [1.29, 1.82) is 0 Å². The molecule has 0 spiro atoms. The van der Waals surface area contributed by atoms with Crippen LogP contribution in [-0.2, 0) is 19.1 Å². The third-order valence-corrected chi connectivity index (χ3v) is 8.95. The Morgan fingerprint density at radius 3 is 2.72 bits per heavy atom. The Morgan fingerprint density at radius 1 is 1.24 bits per heavy atom. The number of ether oxygens (including phenoxy) is 2. The molecule has 1 N–H and O–H groups in total. The summed E-state index contributed by atoms with van der Waals surface area (Å²) in [5.74, 6) is 0.183. The minimum atomic E-state index is -1.13. The van der Waals surface area contributed by atoms with Gasteiger partial charge < -0.3 is 14.6 Å². The molecule has 0 aromatic heterocycles. The Labute approximate surface area is 172 Å². The lowest BCUT2D eigenvalue weighted by molar-refractivity contribution is -0.201. The van der Waals surface area contributed by atoms with Crippen LogP contribution >= 0.6 is 0 Å². The molecular weight excluding hydrogens is 368 g/mol. The number of fused-ring (bicyclic) bond motifs is 7. The predicted octanol–water partition coefficient (Wildman–Crippen LogP) is 3.36. The molecule has 0 radical (unpaired) electrons. The second-order valence-corrected chi connectivity index (χ2v) is 10.7. The number of hydrogen-bond acceptors (Lipinski definition) is 5. The Bertz CT molecular complexity index is 840. The van der Waals surface area contributed by atoms with E-state index >= 15 is 0 Å². The number of rotatable bonds is 2. The lowest BCUT2D eigenvalue weighted by atomic mass is 9.48. The molecule has 4 aliphatic carbocycles. The number of hydrogen-bond donors (Lipinski definition) is 1. The number of carbonyl (C=O) groups excluding carboxylic acids is 2. The summed E-state index contributed by atoms with van der Waals surface area (Å²) < 4.78 is 12.6. The van der Waals surface area contributed by atoms with E-state index in [0.717, 1.165) is 25.7 Å². The Hall–Kier alpha value is -1.30. The number of allylic oxidation sites excluding steroid dienone is 3. The maximum atomic E-state index is 13.1. The molecule has 3 fully saturated rings. The van der Waals surface area contributed by atoms with Crippen molar-refractivity contribution >= 4 is 11.6 Å². The molecule has 0 amide bonds. The summed E-state index contributed by atoms with van der Waals surface area (Å²) in [4.78, 5) is 25.1. The average molecular weight is 401 g/mol. The number of Topliss-reactive ketones (excluding diaryl/α,β-unsaturated/α-hetero) is 1. The molecule has 5 rings (SSSR count). The first-order chi connectivity index (χ1) is 13.6. The monoisotopic (exact) mass is 400 g/mol. The molecule has 0 unspecified atom stereocenters. The summed E-state index contributed by atoms with van der Waals surface area (Å²) in [6.07, 6.45) is 10.3. The van der Waals surface area contributed by atoms with Gasteiger partial charge in [-0.25, -0.2) is 0 Å². The van der Waals surface area contributed by atoms with E-state index in [-0.39, 0.29) is 29.0 Å². The van der Waals surface area contributed by atoms with Crippen LogP contribution in [-0.4, -0.2) is 40.8 Å². The lowest BCUT2D eigenvalue weighted by Gasteiger charge is -2.56. The van der Waals surface area contributed by atoms with Crippen LogP contribution in [0.5, 0.6) is 0 Å². The maximum absolute atomic E-state index is 13.1. The lowest BCUT2D eigenvalue weighted by Crippen LogP contribution is -2.59. The van der Waals surface area contributed by atoms with Crippen LogP contribution in [0.25, 0.3) is 0 Å². The van der Waals surface area contributed by atoms with Gasteiger partial charge in [-0.2, -0.15) is 0 Å². The highest BCUT2D eigenvalue weighted by molar-refractivity contribution is 5.92. The van der Waals surface area contributed by atoms with Gasteiger partial charge in [0.25, 0.3) is 0 Å². The third kappa shape index (κ3) is 2.33. The van der Waals surface area contributed by atoms with Crippen molar-refractivity contribution < 1.29 is 24.2 Å². The smallest absolute Gasteiger partial charge is 0.193 e. The van der Waals surface area contributed by atoms with Crippen molar-refractivity contribution in [3.63, 3.8) is 0 Å². The Balaban J connectivity index is 1.60. The minimum Gasteiger partial charge on any atom is -0.388 e. The van der Waals surface area contributed by atoms with Gasteiger partial charge in [-0.1, -0.05) is 31.6 Å². The second-order valence-electron chi connectivity index (χ2n) is 10.7. The number of carbonyl (C=O) groups is 2. The van der Waals surface area contributed by atoms with Crippen molar-refractivity contribution in [3.8, 4) is 0 Å². The van der Waals surface area contributed by atoms with Crippen molar-refractivity contribution in [2.75, 3.05) is 6.61 Å². The fourth-order valence-corrected chi connectivity index (χ4v) is 7.64. The average Bonchev–Trinajstić information content (AvgIpc) is 3.07. The van der Waals surface area contributed by atoms with Crippen LogP contribution in [0, 0.1) is 28.6 Å². The Morgan fingerprint density at radius 2 is 2.00 bits per heavy atom. The van der Waals surface area contributed by atoms with Gasteiger partial charge >= 0.3 is 0 Å². The molecule has 158 valence electrons. The molecule has 0 aromatic carbocycles. The van der Waals surface area contributed by atoms with Crippen molar-refractivity contribution in [1.82, 2.24) is 0 Å². The van der Waals surface area contributed by atoms with E-state index in [9.17, 15) is 14.7 Å². The van der Waals surface area contributed by atoms with Crippen molar-refractivity contribution in [3.05, 3.63) is 23.8 Å². The number of ketones is 2.